The number of rotatable bonds is 5. The molecule has 0 bridgehead atoms. The quantitative estimate of drug-likeness (QED) is 0.704. The van der Waals surface area contributed by atoms with Crippen LogP contribution in [0.15, 0.2) is 6.20 Å². The summed E-state index contributed by atoms with van der Waals surface area (Å²) in [5.41, 5.74) is 0.556. The molecule has 1 aliphatic rings. The van der Waals surface area contributed by atoms with Gasteiger partial charge in [-0.15, -0.1) is 5.10 Å². The average Bonchev–Trinajstić information content (AvgIpc) is 2.94. The Morgan fingerprint density at radius 2 is 2.37 bits per heavy atom. The van der Waals surface area contributed by atoms with Crippen molar-refractivity contribution in [2.75, 3.05) is 20.1 Å². The van der Waals surface area contributed by atoms with Crippen LogP contribution in [0.2, 0.25) is 0 Å². The van der Waals surface area contributed by atoms with Crippen molar-refractivity contribution in [3.05, 3.63) is 11.9 Å². The lowest BCUT2D eigenvalue weighted by Gasteiger charge is -2.10. The number of carboxylic acids is 1. The number of aromatic nitrogens is 3. The SMILES string of the molecule is CN1CCC(C(=O)NCc2cn(CC(=O)O)nn2)C1. The molecule has 1 fully saturated rings. The van der Waals surface area contributed by atoms with Crippen molar-refractivity contribution in [1.29, 1.82) is 0 Å². The highest BCUT2D eigenvalue weighted by Gasteiger charge is 2.25. The van der Waals surface area contributed by atoms with Crippen molar-refractivity contribution in [3.8, 4) is 0 Å². The number of hydrogen-bond donors (Lipinski definition) is 2. The Balaban J connectivity index is 1.80. The summed E-state index contributed by atoms with van der Waals surface area (Å²) in [6, 6.07) is 0. The first-order valence-electron chi connectivity index (χ1n) is 6.11. The van der Waals surface area contributed by atoms with Gasteiger partial charge in [0, 0.05) is 6.54 Å². The lowest BCUT2D eigenvalue weighted by Crippen LogP contribution is -2.31. The maximum Gasteiger partial charge on any atom is 0.325 e. The summed E-state index contributed by atoms with van der Waals surface area (Å²) in [7, 11) is 1.99. The summed E-state index contributed by atoms with van der Waals surface area (Å²) in [6.45, 7) is 1.76. The van der Waals surface area contributed by atoms with E-state index in [9.17, 15) is 9.59 Å². The normalized spacial score (nSPS) is 19.5. The van der Waals surface area contributed by atoms with Gasteiger partial charge in [-0.25, -0.2) is 4.68 Å². The number of carboxylic acid groups (broad SMARTS) is 1. The summed E-state index contributed by atoms with van der Waals surface area (Å²) in [5, 5.41) is 18.9. The standard InChI is InChI=1S/C11H17N5O3/c1-15-3-2-8(5-15)11(19)12-4-9-6-16(14-13-9)7-10(17)18/h6,8H,2-5,7H2,1H3,(H,12,19)(H,17,18). The number of nitrogens with zero attached hydrogens (tertiary/aromatic N) is 4. The fourth-order valence-electron chi connectivity index (χ4n) is 2.11. The van der Waals surface area contributed by atoms with Gasteiger partial charge in [0.15, 0.2) is 0 Å². The molecule has 0 aliphatic carbocycles. The molecule has 0 spiro atoms. The summed E-state index contributed by atoms with van der Waals surface area (Å²) in [5.74, 6) is -0.939. The van der Waals surface area contributed by atoms with E-state index < -0.39 is 5.97 Å². The molecule has 2 N–H and O–H groups in total. The number of carbonyl (C=O) groups is 2. The predicted molar refractivity (Wildman–Crippen MR) is 65.1 cm³/mol. The van der Waals surface area contributed by atoms with Crippen LogP contribution in [0.4, 0.5) is 0 Å². The average molecular weight is 267 g/mol. The van der Waals surface area contributed by atoms with E-state index in [1.807, 2.05) is 7.05 Å². The zero-order valence-corrected chi connectivity index (χ0v) is 10.7. The molecule has 1 unspecified atom stereocenters. The molecule has 1 aromatic rings. The van der Waals surface area contributed by atoms with Crippen LogP contribution in [-0.4, -0.2) is 57.0 Å². The van der Waals surface area contributed by atoms with Gasteiger partial charge in [-0.2, -0.15) is 0 Å². The molecule has 1 aromatic heterocycles. The van der Waals surface area contributed by atoms with E-state index in [-0.39, 0.29) is 24.9 Å². The van der Waals surface area contributed by atoms with Crippen molar-refractivity contribution in [2.45, 2.75) is 19.5 Å². The molecule has 1 atom stereocenters. The van der Waals surface area contributed by atoms with Crippen LogP contribution in [0.25, 0.3) is 0 Å². The third-order valence-corrected chi connectivity index (χ3v) is 3.09. The number of carbonyl (C=O) groups excluding carboxylic acids is 1. The van der Waals surface area contributed by atoms with Gasteiger partial charge in [0.2, 0.25) is 5.91 Å². The Labute approximate surface area is 110 Å². The van der Waals surface area contributed by atoms with E-state index in [0.29, 0.717) is 5.69 Å². The lowest BCUT2D eigenvalue weighted by atomic mass is 10.1. The molecule has 2 heterocycles. The van der Waals surface area contributed by atoms with Crippen molar-refractivity contribution in [1.82, 2.24) is 25.2 Å². The second-order valence-electron chi connectivity index (χ2n) is 4.77. The lowest BCUT2D eigenvalue weighted by molar-refractivity contribution is -0.138. The van der Waals surface area contributed by atoms with Crippen LogP contribution in [-0.2, 0) is 22.7 Å². The Kier molecular flexibility index (Phi) is 4.10. The van der Waals surface area contributed by atoms with Gasteiger partial charge >= 0.3 is 5.97 Å². The first-order chi connectivity index (χ1) is 9.04. The van der Waals surface area contributed by atoms with Gasteiger partial charge in [0.25, 0.3) is 0 Å². The molecule has 1 aliphatic heterocycles. The molecule has 19 heavy (non-hydrogen) atoms. The van der Waals surface area contributed by atoms with Crippen LogP contribution < -0.4 is 5.32 Å². The minimum atomic E-state index is -0.977. The van der Waals surface area contributed by atoms with Gasteiger partial charge in [-0.3, -0.25) is 9.59 Å². The zero-order valence-electron chi connectivity index (χ0n) is 10.7. The van der Waals surface area contributed by atoms with Gasteiger partial charge in [0.1, 0.15) is 12.2 Å². The fourth-order valence-corrected chi connectivity index (χ4v) is 2.11. The third kappa shape index (κ3) is 3.75. The molecule has 8 heteroatoms. The van der Waals surface area contributed by atoms with Crippen LogP contribution in [0.5, 0.6) is 0 Å². The van der Waals surface area contributed by atoms with Crippen molar-refractivity contribution < 1.29 is 14.7 Å². The van der Waals surface area contributed by atoms with E-state index in [1.165, 1.54) is 10.9 Å². The van der Waals surface area contributed by atoms with E-state index >= 15 is 0 Å². The minimum absolute atomic E-state index is 0.0112. The summed E-state index contributed by atoms with van der Waals surface area (Å²) in [4.78, 5) is 24.5. The number of aliphatic carboxylic acids is 1. The number of nitrogens with one attached hydrogen (secondary N) is 1. The molecule has 104 valence electrons. The summed E-state index contributed by atoms with van der Waals surface area (Å²) < 4.78 is 1.23. The van der Waals surface area contributed by atoms with Crippen LogP contribution >= 0.6 is 0 Å². The van der Waals surface area contributed by atoms with Crippen LogP contribution in [0, 0.1) is 5.92 Å². The van der Waals surface area contributed by atoms with E-state index in [4.69, 9.17) is 5.11 Å². The zero-order chi connectivity index (χ0) is 13.8. The van der Waals surface area contributed by atoms with Gasteiger partial charge in [0.05, 0.1) is 18.7 Å². The smallest absolute Gasteiger partial charge is 0.325 e. The Bertz CT molecular complexity index is 473. The fraction of sp³-hybridized carbons (Fsp3) is 0.636. The van der Waals surface area contributed by atoms with Crippen molar-refractivity contribution in [2.24, 2.45) is 5.92 Å². The topological polar surface area (TPSA) is 100 Å². The highest BCUT2D eigenvalue weighted by atomic mass is 16.4. The van der Waals surface area contributed by atoms with Gasteiger partial charge in [-0.1, -0.05) is 5.21 Å². The monoisotopic (exact) mass is 267 g/mol. The first kappa shape index (κ1) is 13.5. The number of hydrogen-bond acceptors (Lipinski definition) is 5. The third-order valence-electron chi connectivity index (χ3n) is 3.09. The largest absolute Gasteiger partial charge is 0.480 e. The summed E-state index contributed by atoms with van der Waals surface area (Å²) in [6.07, 6.45) is 2.39. The maximum atomic E-state index is 11.9. The Morgan fingerprint density at radius 1 is 1.58 bits per heavy atom. The molecule has 1 saturated heterocycles. The molecule has 0 aromatic carbocycles. The molecule has 1 amide bonds. The minimum Gasteiger partial charge on any atom is -0.480 e. The van der Waals surface area contributed by atoms with Gasteiger partial charge < -0.3 is 15.3 Å². The molecule has 0 saturated carbocycles. The highest BCUT2D eigenvalue weighted by molar-refractivity contribution is 5.79. The second kappa shape index (κ2) is 5.79. The van der Waals surface area contributed by atoms with Crippen molar-refractivity contribution in [3.63, 3.8) is 0 Å². The van der Waals surface area contributed by atoms with E-state index in [2.05, 4.69) is 20.5 Å². The molecule has 2 rings (SSSR count). The van der Waals surface area contributed by atoms with Crippen LogP contribution in [0.1, 0.15) is 12.1 Å². The van der Waals surface area contributed by atoms with E-state index in [0.717, 1.165) is 19.5 Å². The summed E-state index contributed by atoms with van der Waals surface area (Å²) >= 11 is 0. The molecular formula is C11H17N5O3. The molecule has 0 radical (unpaired) electrons. The Hall–Kier alpha value is -1.96. The number of amides is 1. The first-order valence-corrected chi connectivity index (χ1v) is 6.11. The number of likely N-dealkylation sites (tertiary alicyclic amines) is 1. The van der Waals surface area contributed by atoms with Gasteiger partial charge in [-0.05, 0) is 20.0 Å². The predicted octanol–water partition coefficient (Wildman–Crippen LogP) is -1.07. The maximum absolute atomic E-state index is 11.9. The Morgan fingerprint density at radius 3 is 3.00 bits per heavy atom. The van der Waals surface area contributed by atoms with E-state index in [1.54, 1.807) is 0 Å². The highest BCUT2D eigenvalue weighted by Crippen LogP contribution is 2.14. The molecule has 8 nitrogen and oxygen atoms in total. The second-order valence-corrected chi connectivity index (χ2v) is 4.77. The molecular weight excluding hydrogens is 250 g/mol. The van der Waals surface area contributed by atoms with Crippen molar-refractivity contribution >= 4 is 11.9 Å². The van der Waals surface area contributed by atoms with Crippen LogP contribution in [0.3, 0.4) is 0 Å².